The molecule has 2 fully saturated rings. The van der Waals surface area contributed by atoms with Crippen LogP contribution in [-0.4, -0.2) is 66.2 Å². The Morgan fingerprint density at radius 3 is 2.15 bits per heavy atom. The second kappa shape index (κ2) is 16.7. The quantitative estimate of drug-likeness (QED) is 0.117. The Bertz CT molecular complexity index is 2560. The molecular formula is C46H51FN4O7SSi. The fraction of sp³-hybridized carbons (Fsp3) is 0.391. The lowest BCUT2D eigenvalue weighted by Gasteiger charge is -2.46. The van der Waals surface area contributed by atoms with Crippen molar-refractivity contribution in [3.8, 4) is 16.5 Å². The average molecular weight is 851 g/mol. The summed E-state index contributed by atoms with van der Waals surface area (Å²) in [6, 6.07) is 24.5. The summed E-state index contributed by atoms with van der Waals surface area (Å²) in [5.41, 5.74) is -0.179. The van der Waals surface area contributed by atoms with Crippen molar-refractivity contribution in [2.45, 2.75) is 95.7 Å². The largest absolute Gasteiger partial charge is 0.496 e. The van der Waals surface area contributed by atoms with Crippen LogP contribution < -0.4 is 26.4 Å². The number of aromatic nitrogens is 3. The van der Waals surface area contributed by atoms with Gasteiger partial charge in [-0.3, -0.25) is 14.2 Å². The number of amides is 1. The van der Waals surface area contributed by atoms with Crippen LogP contribution in [0.5, 0.6) is 5.75 Å². The summed E-state index contributed by atoms with van der Waals surface area (Å²) in [5.74, 6) is -0.0790. The van der Waals surface area contributed by atoms with Gasteiger partial charge in [0, 0.05) is 25.3 Å². The van der Waals surface area contributed by atoms with Gasteiger partial charge in [0.15, 0.2) is 0 Å². The van der Waals surface area contributed by atoms with Gasteiger partial charge in [-0.15, -0.1) is 11.3 Å². The van der Waals surface area contributed by atoms with E-state index in [-0.39, 0.29) is 29.7 Å². The van der Waals surface area contributed by atoms with E-state index in [1.54, 1.807) is 20.0 Å². The third-order valence-corrected chi connectivity index (χ3v) is 18.6. The molecule has 14 heteroatoms. The first kappa shape index (κ1) is 41.6. The predicted molar refractivity (Wildman–Crippen MR) is 233 cm³/mol. The van der Waals surface area contributed by atoms with E-state index in [0.717, 1.165) is 17.4 Å². The number of benzene rings is 3. The molecule has 1 saturated carbocycles. The standard InChI is InChI=1S/C46H51FN4O7SSi/c1-29-39-43(53)51(36-23-25-49(5)42(36)52)45(54)50(44(39)59-40(29)41-48-24-26-56-41)28-38(35-27-30(47)17-22-37(35)55-6)57-31-18-20-32(21-19-31)58-60(46(2,3)4,33-13-9-7-10-14-33)34-15-11-8-12-16-34/h7-17,22,24,26-27,31-32,36,38H,18-21,23,25,28H2,1-6H3/t31-,32+,36-,38-/m0/s1. The molecule has 1 amide bonds. The van der Waals surface area contributed by atoms with Crippen LogP contribution in [0.25, 0.3) is 21.0 Å². The lowest BCUT2D eigenvalue weighted by atomic mass is 9.94. The Labute approximate surface area is 353 Å². The summed E-state index contributed by atoms with van der Waals surface area (Å²) < 4.78 is 43.7. The number of rotatable bonds is 12. The lowest BCUT2D eigenvalue weighted by Crippen LogP contribution is -2.67. The number of aryl methyl sites for hydroxylation is 1. The number of likely N-dealkylation sites (N-methyl/N-ethyl adjacent to an activating group) is 1. The molecular weight excluding hydrogens is 800 g/mol. The molecule has 1 aliphatic carbocycles. The van der Waals surface area contributed by atoms with E-state index in [1.165, 1.54) is 62.9 Å². The highest BCUT2D eigenvalue weighted by Crippen LogP contribution is 2.42. The molecule has 0 radical (unpaired) electrons. The van der Waals surface area contributed by atoms with E-state index < -0.39 is 37.5 Å². The van der Waals surface area contributed by atoms with Gasteiger partial charge < -0.3 is 23.2 Å². The summed E-state index contributed by atoms with van der Waals surface area (Å²) in [6.07, 6.45) is 4.89. The highest BCUT2D eigenvalue weighted by atomic mass is 32.1. The fourth-order valence-electron chi connectivity index (χ4n) is 9.18. The Morgan fingerprint density at radius 2 is 1.58 bits per heavy atom. The molecule has 2 aliphatic rings. The van der Waals surface area contributed by atoms with E-state index in [9.17, 15) is 14.4 Å². The first-order chi connectivity index (χ1) is 28.8. The molecule has 0 N–H and O–H groups in total. The van der Waals surface area contributed by atoms with Crippen molar-refractivity contribution in [3.63, 3.8) is 0 Å². The minimum absolute atomic E-state index is 0.0334. The van der Waals surface area contributed by atoms with Crippen LogP contribution in [-0.2, 0) is 20.5 Å². The zero-order valence-electron chi connectivity index (χ0n) is 34.9. The van der Waals surface area contributed by atoms with Gasteiger partial charge in [-0.2, -0.15) is 0 Å². The molecule has 1 saturated heterocycles. The second-order valence-electron chi connectivity index (χ2n) is 16.9. The Morgan fingerprint density at radius 1 is 0.933 bits per heavy atom. The monoisotopic (exact) mass is 850 g/mol. The average Bonchev–Trinajstić information content (AvgIpc) is 3.98. The van der Waals surface area contributed by atoms with Gasteiger partial charge in [0.1, 0.15) is 34.8 Å². The molecule has 4 heterocycles. The second-order valence-corrected chi connectivity index (χ2v) is 22.1. The Hall–Kier alpha value is -5.15. The molecule has 1 aliphatic heterocycles. The summed E-state index contributed by atoms with van der Waals surface area (Å²) >= 11 is 1.21. The highest BCUT2D eigenvalue weighted by Gasteiger charge is 2.51. The first-order valence-electron chi connectivity index (χ1n) is 20.5. The number of likely N-dealkylation sites (tertiary alicyclic amines) is 1. The molecule has 2 atom stereocenters. The predicted octanol–water partition coefficient (Wildman–Crippen LogP) is 7.38. The van der Waals surface area contributed by atoms with E-state index in [0.29, 0.717) is 63.7 Å². The van der Waals surface area contributed by atoms with Crippen molar-refractivity contribution >= 4 is 46.2 Å². The van der Waals surface area contributed by atoms with Crippen LogP contribution in [0.1, 0.15) is 76.1 Å². The molecule has 314 valence electrons. The zero-order chi connectivity index (χ0) is 42.3. The molecule has 3 aromatic carbocycles. The van der Waals surface area contributed by atoms with Crippen molar-refractivity contribution in [3.05, 3.63) is 129 Å². The van der Waals surface area contributed by atoms with Crippen molar-refractivity contribution in [1.82, 2.24) is 19.0 Å². The maximum Gasteiger partial charge on any atom is 0.332 e. The molecule has 60 heavy (non-hydrogen) atoms. The van der Waals surface area contributed by atoms with Gasteiger partial charge in [-0.05, 0) is 78.2 Å². The topological polar surface area (TPSA) is 118 Å². The number of carbonyl (C=O) groups is 1. The SMILES string of the molecule is COc1ccc(F)cc1[C@H](Cn1c(=O)n([C@H]2CCN(C)C2=O)c(=O)c2c(C)c(-c3ncco3)sc21)O[C@H]1CC[C@@H](O[Si](c2ccccc2)(c2ccccc2)C(C)(C)C)CC1. The number of carbonyl (C=O) groups excluding carboxylic acids is 1. The van der Waals surface area contributed by atoms with Gasteiger partial charge >= 0.3 is 5.69 Å². The van der Waals surface area contributed by atoms with Gasteiger partial charge in [0.25, 0.3) is 13.9 Å². The number of hydrogen-bond acceptors (Lipinski definition) is 9. The van der Waals surface area contributed by atoms with E-state index in [2.05, 4.69) is 74.3 Å². The maximum atomic E-state index is 15.2. The molecule has 0 unspecified atom stereocenters. The smallest absolute Gasteiger partial charge is 0.332 e. The summed E-state index contributed by atoms with van der Waals surface area (Å²) in [6.45, 7) is 8.94. The van der Waals surface area contributed by atoms with Crippen LogP contribution in [0.4, 0.5) is 4.39 Å². The molecule has 0 bridgehead atoms. The van der Waals surface area contributed by atoms with Crippen molar-refractivity contribution < 1.29 is 27.5 Å². The summed E-state index contributed by atoms with van der Waals surface area (Å²) in [4.78, 5) is 49.4. The zero-order valence-corrected chi connectivity index (χ0v) is 36.7. The highest BCUT2D eigenvalue weighted by molar-refractivity contribution is 7.22. The molecule has 11 nitrogen and oxygen atoms in total. The minimum Gasteiger partial charge on any atom is -0.496 e. The van der Waals surface area contributed by atoms with Gasteiger partial charge in [-0.1, -0.05) is 81.4 Å². The number of oxazole rings is 1. The third-order valence-electron chi connectivity index (χ3n) is 12.2. The molecule has 6 aromatic rings. The number of fused-ring (bicyclic) bond motifs is 1. The van der Waals surface area contributed by atoms with Crippen molar-refractivity contribution in [2.75, 3.05) is 20.7 Å². The lowest BCUT2D eigenvalue weighted by molar-refractivity contribution is -0.129. The van der Waals surface area contributed by atoms with Crippen LogP contribution in [0, 0.1) is 12.7 Å². The number of thiophene rings is 1. The van der Waals surface area contributed by atoms with Gasteiger partial charge in [0.2, 0.25) is 11.8 Å². The number of methoxy groups -OCH3 is 1. The molecule has 0 spiro atoms. The number of halogens is 1. The number of hydrogen-bond donors (Lipinski definition) is 0. The number of ether oxygens (including phenoxy) is 2. The van der Waals surface area contributed by atoms with E-state index >= 15 is 4.39 Å². The van der Waals surface area contributed by atoms with Crippen LogP contribution in [0.15, 0.2) is 105 Å². The first-order valence-corrected chi connectivity index (χ1v) is 23.3. The van der Waals surface area contributed by atoms with E-state index in [4.69, 9.17) is 18.3 Å². The Kier molecular flexibility index (Phi) is 11.6. The third kappa shape index (κ3) is 7.48. The maximum absolute atomic E-state index is 15.2. The normalized spacial score (nSPS) is 19.3. The van der Waals surface area contributed by atoms with Crippen LogP contribution in [0.3, 0.4) is 0 Å². The van der Waals surface area contributed by atoms with Crippen molar-refractivity contribution in [2.24, 2.45) is 0 Å². The summed E-state index contributed by atoms with van der Waals surface area (Å²) in [7, 11) is 0.374. The molecule has 8 rings (SSSR count). The van der Waals surface area contributed by atoms with Crippen LogP contribution >= 0.6 is 11.3 Å². The van der Waals surface area contributed by atoms with E-state index in [1.807, 2.05) is 12.1 Å². The number of nitrogens with zero attached hydrogens (tertiary/aromatic N) is 4. The Balaban J connectivity index is 1.16. The summed E-state index contributed by atoms with van der Waals surface area (Å²) in [5, 5.41) is 2.56. The minimum atomic E-state index is -2.80. The van der Waals surface area contributed by atoms with Crippen molar-refractivity contribution in [1.29, 1.82) is 0 Å². The fourth-order valence-corrected chi connectivity index (χ4v) is 15.2. The van der Waals surface area contributed by atoms with Crippen LogP contribution in [0.2, 0.25) is 5.04 Å². The van der Waals surface area contributed by atoms with Gasteiger partial charge in [-0.25, -0.2) is 18.7 Å². The van der Waals surface area contributed by atoms with Gasteiger partial charge in [0.05, 0.1) is 36.2 Å². The molecule has 3 aromatic heterocycles.